The number of non-ortho nitro benzene ring substituents is 1. The summed E-state index contributed by atoms with van der Waals surface area (Å²) in [4.78, 5) is 34.1. The second-order valence-corrected chi connectivity index (χ2v) is 6.36. The first kappa shape index (κ1) is 20.3. The fourth-order valence-electron chi connectivity index (χ4n) is 1.83. The first-order valence-corrected chi connectivity index (χ1v) is 8.26. The zero-order valence-electron chi connectivity index (χ0n) is 12.6. The van der Waals surface area contributed by atoms with E-state index in [-0.39, 0.29) is 37.0 Å². The third-order valence-electron chi connectivity index (χ3n) is 3.02. The van der Waals surface area contributed by atoms with Crippen LogP contribution < -0.4 is 5.32 Å². The molecule has 11 heteroatoms. The highest BCUT2D eigenvalue weighted by Crippen LogP contribution is 2.32. The number of amides is 1. The molecule has 0 bridgehead atoms. The van der Waals surface area contributed by atoms with Crippen molar-refractivity contribution < 1.29 is 19.2 Å². The van der Waals surface area contributed by atoms with E-state index in [2.05, 4.69) is 5.32 Å². The molecular weight excluding hydrogens is 430 g/mol. The Morgan fingerprint density at radius 3 is 2.31 bits per heavy atom. The van der Waals surface area contributed by atoms with Crippen LogP contribution in [0.1, 0.15) is 10.4 Å². The summed E-state index contributed by atoms with van der Waals surface area (Å²) in [6.07, 6.45) is 0. The molecule has 0 saturated heterocycles. The summed E-state index contributed by atoms with van der Waals surface area (Å²) in [6, 6.07) is 6.27. The molecule has 0 aliphatic rings. The van der Waals surface area contributed by atoms with Crippen LogP contribution in [0.4, 0.5) is 11.4 Å². The minimum absolute atomic E-state index is 0.000681. The van der Waals surface area contributed by atoms with Gasteiger partial charge in [-0.05, 0) is 18.2 Å². The van der Waals surface area contributed by atoms with Crippen molar-refractivity contribution in [2.75, 3.05) is 11.9 Å². The number of hydrogen-bond acceptors (Lipinski definition) is 5. The number of carbonyl (C=O) groups excluding carboxylic acids is 2. The summed E-state index contributed by atoms with van der Waals surface area (Å²) in [7, 11) is 0. The number of halogens is 4. The topological polar surface area (TPSA) is 98.5 Å². The molecule has 0 aliphatic carbocycles. The third-order valence-corrected chi connectivity index (χ3v) is 4.47. The van der Waals surface area contributed by atoms with Crippen LogP contribution in [0.3, 0.4) is 0 Å². The molecular formula is C15H8Cl4N2O5. The van der Waals surface area contributed by atoms with Gasteiger partial charge in [-0.25, -0.2) is 4.79 Å². The lowest BCUT2D eigenvalue weighted by molar-refractivity contribution is -0.384. The van der Waals surface area contributed by atoms with E-state index in [1.807, 2.05) is 0 Å². The number of hydrogen-bond donors (Lipinski definition) is 1. The molecule has 1 N–H and O–H groups in total. The van der Waals surface area contributed by atoms with Crippen molar-refractivity contribution in [1.82, 2.24) is 0 Å². The predicted octanol–water partition coefficient (Wildman–Crippen LogP) is 5.00. The normalized spacial score (nSPS) is 10.3. The Bertz CT molecular complexity index is 904. The first-order valence-electron chi connectivity index (χ1n) is 6.75. The van der Waals surface area contributed by atoms with E-state index in [1.54, 1.807) is 0 Å². The van der Waals surface area contributed by atoms with Gasteiger partial charge in [0.15, 0.2) is 6.61 Å². The van der Waals surface area contributed by atoms with E-state index in [0.29, 0.717) is 0 Å². The average molecular weight is 438 g/mol. The van der Waals surface area contributed by atoms with Gasteiger partial charge in [0.1, 0.15) is 0 Å². The number of nitrogens with one attached hydrogen (secondary N) is 1. The Morgan fingerprint density at radius 1 is 1.04 bits per heavy atom. The number of ether oxygens (including phenoxy) is 1. The second kappa shape index (κ2) is 8.55. The maximum Gasteiger partial charge on any atom is 0.341 e. The fraction of sp³-hybridized carbons (Fsp3) is 0.0667. The van der Waals surface area contributed by atoms with E-state index < -0.39 is 23.4 Å². The lowest BCUT2D eigenvalue weighted by atomic mass is 10.2. The zero-order chi connectivity index (χ0) is 19.4. The van der Waals surface area contributed by atoms with Gasteiger partial charge in [-0.15, -0.1) is 0 Å². The van der Waals surface area contributed by atoms with Crippen molar-refractivity contribution >= 4 is 69.7 Å². The minimum atomic E-state index is -0.956. The predicted molar refractivity (Wildman–Crippen MR) is 98.5 cm³/mol. The molecule has 0 spiro atoms. The van der Waals surface area contributed by atoms with Crippen LogP contribution in [0.2, 0.25) is 20.1 Å². The van der Waals surface area contributed by atoms with E-state index in [4.69, 9.17) is 51.1 Å². The summed E-state index contributed by atoms with van der Waals surface area (Å²) in [6.45, 7) is -0.697. The van der Waals surface area contributed by atoms with Crippen LogP contribution in [0.15, 0.2) is 30.3 Å². The lowest BCUT2D eigenvalue weighted by Crippen LogP contribution is -2.21. The molecule has 0 aromatic heterocycles. The molecule has 136 valence electrons. The number of benzene rings is 2. The summed E-state index contributed by atoms with van der Waals surface area (Å²) in [5.74, 6) is -1.72. The van der Waals surface area contributed by atoms with Gasteiger partial charge in [0.25, 0.3) is 11.6 Å². The number of nitrogens with zero attached hydrogens (tertiary/aromatic N) is 1. The van der Waals surface area contributed by atoms with Crippen LogP contribution in [0, 0.1) is 10.1 Å². The van der Waals surface area contributed by atoms with Crippen LogP contribution in [-0.2, 0) is 9.53 Å². The van der Waals surface area contributed by atoms with Crippen LogP contribution in [-0.4, -0.2) is 23.4 Å². The van der Waals surface area contributed by atoms with E-state index in [9.17, 15) is 19.7 Å². The van der Waals surface area contributed by atoms with Crippen LogP contribution in [0.25, 0.3) is 0 Å². The van der Waals surface area contributed by atoms with Gasteiger partial charge in [-0.2, -0.15) is 0 Å². The minimum Gasteiger partial charge on any atom is -0.452 e. The van der Waals surface area contributed by atoms with Crippen molar-refractivity contribution in [1.29, 1.82) is 0 Å². The Balaban J connectivity index is 2.06. The fourth-order valence-corrected chi connectivity index (χ4v) is 2.67. The molecule has 0 saturated carbocycles. The molecule has 1 amide bonds. The summed E-state index contributed by atoms with van der Waals surface area (Å²) in [5, 5.41) is 13.1. The summed E-state index contributed by atoms with van der Waals surface area (Å²) in [5.41, 5.74) is -0.443. The van der Waals surface area contributed by atoms with Gasteiger partial charge in [0.05, 0.1) is 36.3 Å². The van der Waals surface area contributed by atoms with Gasteiger partial charge in [0, 0.05) is 12.1 Å². The van der Waals surface area contributed by atoms with Gasteiger partial charge >= 0.3 is 5.97 Å². The van der Waals surface area contributed by atoms with Gasteiger partial charge in [0.2, 0.25) is 0 Å². The molecule has 2 aromatic rings. The highest BCUT2D eigenvalue weighted by atomic mass is 35.5. The number of anilines is 1. The molecule has 0 radical (unpaired) electrons. The maximum atomic E-state index is 12.1. The molecule has 0 heterocycles. The average Bonchev–Trinajstić information content (AvgIpc) is 2.58. The largest absolute Gasteiger partial charge is 0.452 e. The molecule has 0 aliphatic heterocycles. The molecule has 0 fully saturated rings. The van der Waals surface area contributed by atoms with Crippen molar-refractivity contribution in [3.63, 3.8) is 0 Å². The van der Waals surface area contributed by atoms with Gasteiger partial charge in [-0.3, -0.25) is 14.9 Å². The van der Waals surface area contributed by atoms with E-state index in [0.717, 1.165) is 6.07 Å². The Kier molecular flexibility index (Phi) is 6.66. The number of nitro groups is 1. The number of carbonyl (C=O) groups is 2. The molecule has 7 nitrogen and oxygen atoms in total. The zero-order valence-corrected chi connectivity index (χ0v) is 15.6. The molecule has 0 unspecified atom stereocenters. The van der Waals surface area contributed by atoms with Gasteiger partial charge < -0.3 is 10.1 Å². The Hall–Kier alpha value is -2.06. The highest BCUT2D eigenvalue weighted by molar-refractivity contribution is 6.46. The monoisotopic (exact) mass is 436 g/mol. The van der Waals surface area contributed by atoms with E-state index in [1.165, 1.54) is 24.3 Å². The SMILES string of the molecule is O=C(COC(=O)c1c(Cl)ccc(Cl)c1Cl)Nc1cc([N+](=O)[O-])ccc1Cl. The van der Waals surface area contributed by atoms with Crippen molar-refractivity contribution in [2.45, 2.75) is 0 Å². The van der Waals surface area contributed by atoms with Crippen LogP contribution in [0.5, 0.6) is 0 Å². The number of nitro benzene ring substituents is 1. The van der Waals surface area contributed by atoms with Crippen molar-refractivity contribution in [2.24, 2.45) is 0 Å². The second-order valence-electron chi connectivity index (χ2n) is 4.76. The summed E-state index contributed by atoms with van der Waals surface area (Å²) < 4.78 is 4.84. The van der Waals surface area contributed by atoms with Gasteiger partial charge in [-0.1, -0.05) is 46.4 Å². The quantitative estimate of drug-likeness (QED) is 0.307. The molecule has 26 heavy (non-hydrogen) atoms. The molecule has 2 aromatic carbocycles. The molecule has 0 atom stereocenters. The smallest absolute Gasteiger partial charge is 0.341 e. The van der Waals surface area contributed by atoms with Crippen molar-refractivity contribution in [3.05, 3.63) is 66.1 Å². The first-order chi connectivity index (χ1) is 12.2. The third kappa shape index (κ3) is 4.76. The number of esters is 1. The Morgan fingerprint density at radius 2 is 1.65 bits per heavy atom. The lowest BCUT2D eigenvalue weighted by Gasteiger charge is -2.10. The Labute approximate surface area is 166 Å². The standard InChI is InChI=1S/C15H8Cl4N2O5/c16-8-2-1-7(21(24)25)5-11(8)20-12(22)6-26-15(23)13-9(17)3-4-10(18)14(13)19/h1-5H,6H2,(H,20,22). The van der Waals surface area contributed by atoms with Crippen molar-refractivity contribution in [3.8, 4) is 0 Å². The highest BCUT2D eigenvalue weighted by Gasteiger charge is 2.20. The molecule has 2 rings (SSSR count). The van der Waals surface area contributed by atoms with Crippen LogP contribution >= 0.6 is 46.4 Å². The number of rotatable bonds is 5. The summed E-state index contributed by atoms with van der Waals surface area (Å²) >= 11 is 23.5. The van der Waals surface area contributed by atoms with E-state index >= 15 is 0 Å². The maximum absolute atomic E-state index is 12.1.